The Balaban J connectivity index is 2.18. The third kappa shape index (κ3) is 3.09. The monoisotopic (exact) mass is 281 g/mol. The van der Waals surface area contributed by atoms with Crippen LogP contribution in [0, 0.1) is 0 Å². The molecule has 0 saturated heterocycles. The Labute approximate surface area is 116 Å². The van der Waals surface area contributed by atoms with Gasteiger partial charge in [-0.3, -0.25) is 0 Å². The van der Waals surface area contributed by atoms with Crippen LogP contribution in [0.3, 0.4) is 0 Å². The van der Waals surface area contributed by atoms with E-state index in [0.717, 1.165) is 11.3 Å². The fraction of sp³-hybridized carbons (Fsp3) is 0.143. The van der Waals surface area contributed by atoms with Gasteiger partial charge in [0.25, 0.3) is 0 Å². The van der Waals surface area contributed by atoms with Crippen LogP contribution in [0.25, 0.3) is 0 Å². The Morgan fingerprint density at radius 2 is 1.72 bits per heavy atom. The highest BCUT2D eigenvalue weighted by Gasteiger charge is 2.10. The van der Waals surface area contributed by atoms with Crippen LogP contribution in [0.15, 0.2) is 42.5 Å². The molecule has 2 N–H and O–H groups in total. The fourth-order valence-corrected chi connectivity index (χ4v) is 2.19. The first-order valence-corrected chi connectivity index (χ1v) is 6.32. The summed E-state index contributed by atoms with van der Waals surface area (Å²) in [5, 5.41) is 13.9. The third-order valence-corrected chi connectivity index (χ3v) is 3.25. The summed E-state index contributed by atoms with van der Waals surface area (Å²) in [5.74, 6) is 0.244. The molecule has 1 unspecified atom stereocenters. The minimum absolute atomic E-state index is 0.0285. The lowest BCUT2D eigenvalue weighted by molar-refractivity contribution is 0.475. The second-order valence-electron chi connectivity index (χ2n) is 4.08. The predicted octanol–water partition coefficient (Wildman–Crippen LogP) is 4.87. The van der Waals surface area contributed by atoms with E-state index in [2.05, 4.69) is 5.32 Å². The van der Waals surface area contributed by atoms with Gasteiger partial charge in [-0.1, -0.05) is 23.2 Å². The number of nitrogens with one attached hydrogen (secondary N) is 1. The minimum Gasteiger partial charge on any atom is -0.508 e. The summed E-state index contributed by atoms with van der Waals surface area (Å²) >= 11 is 12.1. The van der Waals surface area contributed by atoms with Gasteiger partial charge in [-0.25, -0.2) is 0 Å². The van der Waals surface area contributed by atoms with Crippen LogP contribution in [-0.2, 0) is 0 Å². The molecule has 0 radical (unpaired) electrons. The average Bonchev–Trinajstić information content (AvgIpc) is 2.35. The van der Waals surface area contributed by atoms with Gasteiger partial charge in [0.15, 0.2) is 0 Å². The Morgan fingerprint density at radius 3 is 2.39 bits per heavy atom. The van der Waals surface area contributed by atoms with Crippen molar-refractivity contribution >= 4 is 28.9 Å². The van der Waals surface area contributed by atoms with E-state index >= 15 is 0 Å². The van der Waals surface area contributed by atoms with Crippen molar-refractivity contribution in [2.45, 2.75) is 13.0 Å². The van der Waals surface area contributed by atoms with Crippen molar-refractivity contribution in [3.63, 3.8) is 0 Å². The molecule has 94 valence electrons. The molecule has 2 aromatic rings. The van der Waals surface area contributed by atoms with Crippen molar-refractivity contribution in [3.8, 4) is 5.75 Å². The number of aromatic hydroxyl groups is 1. The molecule has 1 atom stereocenters. The van der Waals surface area contributed by atoms with E-state index in [1.807, 2.05) is 25.1 Å². The number of hydrogen-bond donors (Lipinski definition) is 2. The average molecular weight is 282 g/mol. The van der Waals surface area contributed by atoms with Gasteiger partial charge in [0.1, 0.15) is 5.75 Å². The third-order valence-electron chi connectivity index (χ3n) is 2.68. The van der Waals surface area contributed by atoms with Crippen molar-refractivity contribution in [2.24, 2.45) is 0 Å². The van der Waals surface area contributed by atoms with Gasteiger partial charge >= 0.3 is 0 Å². The van der Waals surface area contributed by atoms with Crippen LogP contribution in [0.4, 0.5) is 5.69 Å². The molecule has 2 aromatic carbocycles. The van der Waals surface area contributed by atoms with E-state index in [1.165, 1.54) is 0 Å². The van der Waals surface area contributed by atoms with E-state index in [0.29, 0.717) is 10.0 Å². The summed E-state index contributed by atoms with van der Waals surface area (Å²) in [7, 11) is 0. The number of rotatable bonds is 3. The number of hydrogen-bond acceptors (Lipinski definition) is 2. The molecule has 0 aliphatic heterocycles. The first-order valence-electron chi connectivity index (χ1n) is 5.57. The highest BCUT2D eigenvalue weighted by atomic mass is 35.5. The first-order chi connectivity index (χ1) is 8.56. The largest absolute Gasteiger partial charge is 0.508 e. The Hall–Kier alpha value is -1.38. The van der Waals surface area contributed by atoms with Gasteiger partial charge in [-0.15, -0.1) is 0 Å². The molecule has 0 bridgehead atoms. The smallest absolute Gasteiger partial charge is 0.115 e. The zero-order chi connectivity index (χ0) is 13.1. The van der Waals surface area contributed by atoms with Crippen molar-refractivity contribution in [1.29, 1.82) is 0 Å². The van der Waals surface area contributed by atoms with Gasteiger partial charge in [-0.05, 0) is 55.0 Å². The highest BCUT2D eigenvalue weighted by Crippen LogP contribution is 2.28. The lowest BCUT2D eigenvalue weighted by Crippen LogP contribution is -2.07. The lowest BCUT2D eigenvalue weighted by Gasteiger charge is -2.17. The Bertz CT molecular complexity index is 540. The van der Waals surface area contributed by atoms with Crippen LogP contribution in [0.5, 0.6) is 5.75 Å². The molecular weight excluding hydrogens is 269 g/mol. The van der Waals surface area contributed by atoms with Gasteiger partial charge in [0.05, 0.1) is 6.04 Å². The van der Waals surface area contributed by atoms with E-state index in [4.69, 9.17) is 23.2 Å². The summed E-state index contributed by atoms with van der Waals surface area (Å²) in [4.78, 5) is 0. The predicted molar refractivity (Wildman–Crippen MR) is 76.6 cm³/mol. The van der Waals surface area contributed by atoms with E-state index in [9.17, 15) is 5.11 Å². The van der Waals surface area contributed by atoms with Crippen molar-refractivity contribution < 1.29 is 5.11 Å². The topological polar surface area (TPSA) is 32.3 Å². The molecule has 0 amide bonds. The maximum atomic E-state index is 9.22. The van der Waals surface area contributed by atoms with E-state index < -0.39 is 0 Å². The zero-order valence-electron chi connectivity index (χ0n) is 9.82. The molecular formula is C14H13Cl2NO. The van der Waals surface area contributed by atoms with Gasteiger partial charge in [0, 0.05) is 15.7 Å². The number of halogens is 2. The fourth-order valence-electron chi connectivity index (χ4n) is 1.73. The molecule has 0 aromatic heterocycles. The minimum atomic E-state index is 0.0285. The van der Waals surface area contributed by atoms with E-state index in [-0.39, 0.29) is 11.8 Å². The Morgan fingerprint density at radius 1 is 1.06 bits per heavy atom. The number of benzene rings is 2. The molecule has 18 heavy (non-hydrogen) atoms. The number of anilines is 1. The molecule has 4 heteroatoms. The standard InChI is InChI=1S/C14H13Cl2NO/c1-9(13-8-10(15)2-7-14(13)16)17-11-3-5-12(18)6-4-11/h2-9,17-18H,1H3. The summed E-state index contributed by atoms with van der Waals surface area (Å²) in [6.07, 6.45) is 0. The summed E-state index contributed by atoms with van der Waals surface area (Å²) in [5.41, 5.74) is 1.86. The van der Waals surface area contributed by atoms with Crippen LogP contribution < -0.4 is 5.32 Å². The second-order valence-corrected chi connectivity index (χ2v) is 4.92. The molecule has 0 heterocycles. The van der Waals surface area contributed by atoms with Crippen molar-refractivity contribution in [1.82, 2.24) is 0 Å². The number of phenolic OH excluding ortho intramolecular Hbond substituents is 1. The molecule has 0 aliphatic carbocycles. The van der Waals surface area contributed by atoms with Crippen molar-refractivity contribution in [3.05, 3.63) is 58.1 Å². The molecule has 0 saturated carbocycles. The normalized spacial score (nSPS) is 12.2. The van der Waals surface area contributed by atoms with Crippen LogP contribution >= 0.6 is 23.2 Å². The summed E-state index contributed by atoms with van der Waals surface area (Å²) < 4.78 is 0. The zero-order valence-corrected chi connectivity index (χ0v) is 11.3. The molecule has 2 rings (SSSR count). The quantitative estimate of drug-likeness (QED) is 0.787. The second kappa shape index (κ2) is 5.51. The maximum Gasteiger partial charge on any atom is 0.115 e. The SMILES string of the molecule is CC(Nc1ccc(O)cc1)c1cc(Cl)ccc1Cl. The van der Waals surface area contributed by atoms with Crippen LogP contribution in [0.1, 0.15) is 18.5 Å². The van der Waals surface area contributed by atoms with Gasteiger partial charge < -0.3 is 10.4 Å². The summed E-state index contributed by atoms with van der Waals surface area (Å²) in [6, 6.07) is 12.3. The summed E-state index contributed by atoms with van der Waals surface area (Å²) in [6.45, 7) is 2.00. The first kappa shape index (κ1) is 13.1. The molecule has 0 aliphatic rings. The molecule has 2 nitrogen and oxygen atoms in total. The maximum absolute atomic E-state index is 9.22. The number of phenols is 1. The molecule has 0 spiro atoms. The van der Waals surface area contributed by atoms with Crippen molar-refractivity contribution in [2.75, 3.05) is 5.32 Å². The lowest BCUT2D eigenvalue weighted by atomic mass is 10.1. The molecule has 0 fully saturated rings. The van der Waals surface area contributed by atoms with Crippen LogP contribution in [0.2, 0.25) is 10.0 Å². The van der Waals surface area contributed by atoms with Gasteiger partial charge in [0.2, 0.25) is 0 Å². The van der Waals surface area contributed by atoms with Crippen LogP contribution in [-0.4, -0.2) is 5.11 Å². The highest BCUT2D eigenvalue weighted by molar-refractivity contribution is 6.33. The van der Waals surface area contributed by atoms with E-state index in [1.54, 1.807) is 24.3 Å². The van der Waals surface area contributed by atoms with Gasteiger partial charge in [-0.2, -0.15) is 0 Å². The Kier molecular flexibility index (Phi) is 4.00.